The number of rotatable bonds is 3. The van der Waals surface area contributed by atoms with Crippen molar-refractivity contribution in [2.24, 2.45) is 5.41 Å². The Hall–Kier alpha value is -2.03. The van der Waals surface area contributed by atoms with E-state index < -0.39 is 22.0 Å². The fourth-order valence-corrected chi connectivity index (χ4v) is 2.49. The van der Waals surface area contributed by atoms with E-state index in [-0.39, 0.29) is 10.4 Å². The molecule has 0 aliphatic rings. The molecule has 0 saturated heterocycles. The zero-order valence-electron chi connectivity index (χ0n) is 11.3. The second kappa shape index (κ2) is 4.82. The quantitative estimate of drug-likeness (QED) is 0.682. The molecular weight excluding hydrogens is 284 g/mol. The monoisotopic (exact) mass is 298 g/mol. The summed E-state index contributed by atoms with van der Waals surface area (Å²) in [5.74, 6) is -0.869. The summed E-state index contributed by atoms with van der Waals surface area (Å²) in [4.78, 5) is 25.4. The van der Waals surface area contributed by atoms with Gasteiger partial charge in [-0.15, -0.1) is 0 Å². The minimum Gasteiger partial charge on any atom is -0.488 e. The molecule has 1 N–H and O–H groups in total. The van der Waals surface area contributed by atoms with Crippen LogP contribution in [-0.2, 0) is 6.42 Å². The molecule has 0 spiro atoms. The molecule has 0 aliphatic carbocycles. The Morgan fingerprint density at radius 1 is 1.45 bits per heavy atom. The maximum absolute atomic E-state index is 11.9. The summed E-state index contributed by atoms with van der Waals surface area (Å²) >= 11 is 1.14. The van der Waals surface area contributed by atoms with E-state index in [1.165, 1.54) is 0 Å². The first-order valence-corrected chi connectivity index (χ1v) is 6.77. The van der Waals surface area contributed by atoms with Gasteiger partial charge in [0.25, 0.3) is 0 Å². The van der Waals surface area contributed by atoms with Crippen LogP contribution in [0.2, 0.25) is 0 Å². The maximum atomic E-state index is 11.9. The standard InChI is InChI=1S/C11H14N4O4S/c1-11(2,3)5-4-6-13-14-9(17)7(15(18)19)8(16)12-10(14)20-6/h16H,4-5H2,1-3H3. The fourth-order valence-electron chi connectivity index (χ4n) is 1.61. The van der Waals surface area contributed by atoms with Gasteiger partial charge in [-0.25, -0.2) is 0 Å². The molecule has 8 nitrogen and oxygen atoms in total. The second-order valence-corrected chi connectivity index (χ2v) is 6.64. The van der Waals surface area contributed by atoms with Gasteiger partial charge in [0.2, 0.25) is 4.96 Å². The Morgan fingerprint density at radius 2 is 2.10 bits per heavy atom. The van der Waals surface area contributed by atoms with E-state index in [9.17, 15) is 20.0 Å². The lowest BCUT2D eigenvalue weighted by atomic mass is 9.91. The first-order chi connectivity index (χ1) is 9.19. The van der Waals surface area contributed by atoms with Crippen LogP contribution in [0.15, 0.2) is 4.79 Å². The number of nitrogens with zero attached hydrogens (tertiary/aromatic N) is 4. The lowest BCUT2D eigenvalue weighted by Gasteiger charge is -2.16. The summed E-state index contributed by atoms with van der Waals surface area (Å²) < 4.78 is 0.876. The number of hydrogen-bond acceptors (Lipinski definition) is 7. The van der Waals surface area contributed by atoms with Crippen molar-refractivity contribution in [2.75, 3.05) is 0 Å². The summed E-state index contributed by atoms with van der Waals surface area (Å²) in [6.07, 6.45) is 1.50. The molecule has 108 valence electrons. The molecule has 2 aromatic rings. The normalized spacial score (nSPS) is 11.9. The second-order valence-electron chi connectivity index (χ2n) is 5.60. The highest BCUT2D eigenvalue weighted by Gasteiger charge is 2.25. The average Bonchev–Trinajstić information content (AvgIpc) is 2.68. The van der Waals surface area contributed by atoms with Crippen molar-refractivity contribution in [3.63, 3.8) is 0 Å². The SMILES string of the molecule is CC(C)(C)CCc1nn2c(=O)c([N+](=O)[O-])c(O)nc2s1. The third kappa shape index (κ3) is 2.77. The van der Waals surface area contributed by atoms with Gasteiger partial charge in [0.1, 0.15) is 5.01 Å². The van der Waals surface area contributed by atoms with Crippen LogP contribution < -0.4 is 5.56 Å². The number of nitro groups is 1. The van der Waals surface area contributed by atoms with Crippen LogP contribution >= 0.6 is 11.3 Å². The van der Waals surface area contributed by atoms with Gasteiger partial charge in [-0.2, -0.15) is 14.6 Å². The molecule has 0 fully saturated rings. The van der Waals surface area contributed by atoms with Gasteiger partial charge in [0, 0.05) is 6.42 Å². The molecule has 2 heterocycles. The lowest BCUT2D eigenvalue weighted by molar-refractivity contribution is -0.387. The molecule has 20 heavy (non-hydrogen) atoms. The predicted octanol–water partition coefficient (Wildman–Crippen LogP) is 1.74. The zero-order chi connectivity index (χ0) is 15.1. The zero-order valence-corrected chi connectivity index (χ0v) is 12.1. The van der Waals surface area contributed by atoms with E-state index in [1.807, 2.05) is 0 Å². The van der Waals surface area contributed by atoms with Gasteiger partial charge in [-0.3, -0.25) is 14.9 Å². The molecule has 9 heteroatoms. The van der Waals surface area contributed by atoms with Crippen molar-refractivity contribution in [1.29, 1.82) is 0 Å². The smallest absolute Gasteiger partial charge is 0.397 e. The van der Waals surface area contributed by atoms with Gasteiger partial charge in [-0.05, 0) is 11.8 Å². The van der Waals surface area contributed by atoms with Crippen molar-refractivity contribution in [1.82, 2.24) is 14.6 Å². The molecule has 0 saturated carbocycles. The first-order valence-electron chi connectivity index (χ1n) is 5.95. The minimum atomic E-state index is -0.962. The van der Waals surface area contributed by atoms with E-state index in [2.05, 4.69) is 30.9 Å². The molecule has 0 aliphatic heterocycles. The van der Waals surface area contributed by atoms with Gasteiger partial charge in [0.05, 0.1) is 4.92 Å². The highest BCUT2D eigenvalue weighted by molar-refractivity contribution is 7.16. The van der Waals surface area contributed by atoms with Crippen LogP contribution in [0.4, 0.5) is 5.69 Å². The van der Waals surface area contributed by atoms with Crippen LogP contribution in [0.3, 0.4) is 0 Å². The average molecular weight is 298 g/mol. The summed E-state index contributed by atoms with van der Waals surface area (Å²) in [5.41, 5.74) is -1.80. The molecule has 0 unspecified atom stereocenters. The Kier molecular flexibility index (Phi) is 3.46. The van der Waals surface area contributed by atoms with Crippen LogP contribution in [-0.4, -0.2) is 24.6 Å². The summed E-state index contributed by atoms with van der Waals surface area (Å²) in [6.45, 7) is 6.25. The van der Waals surface area contributed by atoms with Gasteiger partial charge in [0.15, 0.2) is 0 Å². The summed E-state index contributed by atoms with van der Waals surface area (Å²) in [5, 5.41) is 24.9. The molecule has 0 radical (unpaired) electrons. The van der Waals surface area contributed by atoms with Crippen LogP contribution in [0.5, 0.6) is 5.88 Å². The highest BCUT2D eigenvalue weighted by atomic mass is 32.1. The molecule has 0 atom stereocenters. The lowest BCUT2D eigenvalue weighted by Crippen LogP contribution is -2.18. The number of aromatic nitrogens is 3. The molecule has 0 aromatic carbocycles. The third-order valence-corrected chi connectivity index (χ3v) is 3.65. The largest absolute Gasteiger partial charge is 0.488 e. The fraction of sp³-hybridized carbons (Fsp3) is 0.545. The van der Waals surface area contributed by atoms with Crippen molar-refractivity contribution in [3.8, 4) is 5.88 Å². The topological polar surface area (TPSA) is 111 Å². The number of aromatic hydroxyl groups is 1. The number of fused-ring (bicyclic) bond motifs is 1. The number of aryl methyl sites for hydroxylation is 1. The Labute approximate surface area is 117 Å². The van der Waals surface area contributed by atoms with Crippen LogP contribution in [0.1, 0.15) is 32.2 Å². The number of hydrogen-bond donors (Lipinski definition) is 1. The summed E-state index contributed by atoms with van der Waals surface area (Å²) in [7, 11) is 0. The minimum absolute atomic E-state index is 0.115. The predicted molar refractivity (Wildman–Crippen MR) is 73.2 cm³/mol. The van der Waals surface area contributed by atoms with Gasteiger partial charge < -0.3 is 5.11 Å². The van der Waals surface area contributed by atoms with Crippen LogP contribution in [0.25, 0.3) is 4.96 Å². The van der Waals surface area contributed by atoms with E-state index in [0.717, 1.165) is 22.3 Å². The molecule has 0 amide bonds. The summed E-state index contributed by atoms with van der Waals surface area (Å²) in [6, 6.07) is 0. The van der Waals surface area contributed by atoms with Crippen molar-refractivity contribution in [3.05, 3.63) is 25.5 Å². The van der Waals surface area contributed by atoms with Gasteiger partial charge in [-0.1, -0.05) is 32.1 Å². The van der Waals surface area contributed by atoms with Crippen molar-refractivity contribution in [2.45, 2.75) is 33.6 Å². The Balaban J connectivity index is 2.47. The highest BCUT2D eigenvalue weighted by Crippen LogP contribution is 2.25. The maximum Gasteiger partial charge on any atom is 0.397 e. The Bertz CT molecular complexity index is 728. The van der Waals surface area contributed by atoms with E-state index in [0.29, 0.717) is 11.4 Å². The molecule has 2 aromatic heterocycles. The molecular formula is C11H14N4O4S. The Morgan fingerprint density at radius 3 is 2.65 bits per heavy atom. The van der Waals surface area contributed by atoms with Gasteiger partial charge >= 0.3 is 17.1 Å². The van der Waals surface area contributed by atoms with Crippen molar-refractivity contribution < 1.29 is 10.0 Å². The van der Waals surface area contributed by atoms with Crippen LogP contribution in [0, 0.1) is 15.5 Å². The first kappa shape index (κ1) is 14.4. The molecule has 0 bridgehead atoms. The van der Waals surface area contributed by atoms with E-state index in [1.54, 1.807) is 0 Å². The van der Waals surface area contributed by atoms with E-state index in [4.69, 9.17) is 0 Å². The third-order valence-electron chi connectivity index (χ3n) is 2.68. The molecule has 2 rings (SSSR count). The van der Waals surface area contributed by atoms with E-state index >= 15 is 0 Å². The van der Waals surface area contributed by atoms with Crippen molar-refractivity contribution >= 4 is 22.0 Å².